The van der Waals surface area contributed by atoms with E-state index in [4.69, 9.17) is 0 Å². The second-order valence-electron chi connectivity index (χ2n) is 4.86. The molecule has 1 N–H and O–H groups in total. The first-order valence-corrected chi connectivity index (χ1v) is 6.73. The zero-order chi connectivity index (χ0) is 15.2. The van der Waals surface area contributed by atoms with Crippen LogP contribution in [0.25, 0.3) is 0 Å². The van der Waals surface area contributed by atoms with Gasteiger partial charge in [0.25, 0.3) is 0 Å². The van der Waals surface area contributed by atoms with E-state index in [2.05, 4.69) is 17.3 Å². The first kappa shape index (κ1) is 16.5. The molecule has 0 bridgehead atoms. The molecule has 0 saturated carbocycles. The Morgan fingerprint density at radius 2 is 2.15 bits per heavy atom. The lowest BCUT2D eigenvalue weighted by molar-refractivity contribution is -0.141. The van der Waals surface area contributed by atoms with Crippen LogP contribution in [0.1, 0.15) is 45.2 Å². The van der Waals surface area contributed by atoms with Gasteiger partial charge in [0.05, 0.1) is 0 Å². The van der Waals surface area contributed by atoms with Gasteiger partial charge in [0.2, 0.25) is 5.91 Å². The fourth-order valence-corrected chi connectivity index (χ4v) is 1.84. The predicted octanol–water partition coefficient (Wildman–Crippen LogP) is 2.99. The van der Waals surface area contributed by atoms with Crippen molar-refractivity contribution in [3.63, 3.8) is 0 Å². The van der Waals surface area contributed by atoms with Crippen LogP contribution in [-0.4, -0.2) is 21.7 Å². The fourth-order valence-electron chi connectivity index (χ4n) is 1.84. The summed E-state index contributed by atoms with van der Waals surface area (Å²) in [6.07, 6.45) is 0.784. The minimum atomic E-state index is -4.48. The summed E-state index contributed by atoms with van der Waals surface area (Å²) in [5.74, 6) is -0.328. The number of hydrogen-bond donors (Lipinski definition) is 1. The average molecular weight is 291 g/mol. The molecule has 0 aliphatic carbocycles. The largest absolute Gasteiger partial charge is 0.435 e. The molecule has 0 spiro atoms. The minimum absolute atomic E-state index is 0.0201. The molecule has 0 saturated heterocycles. The number of amides is 1. The van der Waals surface area contributed by atoms with Gasteiger partial charge in [0.15, 0.2) is 5.69 Å². The summed E-state index contributed by atoms with van der Waals surface area (Å²) in [5.41, 5.74) is -0.985. The van der Waals surface area contributed by atoms with Crippen LogP contribution in [0.3, 0.4) is 0 Å². The Kier molecular flexibility index (Phi) is 6.04. The Morgan fingerprint density at radius 1 is 1.45 bits per heavy atom. The minimum Gasteiger partial charge on any atom is -0.352 e. The summed E-state index contributed by atoms with van der Waals surface area (Å²) in [4.78, 5) is 11.7. The highest BCUT2D eigenvalue weighted by Gasteiger charge is 2.33. The number of aromatic nitrogens is 2. The number of alkyl halides is 3. The first-order valence-electron chi connectivity index (χ1n) is 6.73. The Bertz CT molecular complexity index is 429. The maximum absolute atomic E-state index is 12.3. The zero-order valence-electron chi connectivity index (χ0n) is 11.7. The van der Waals surface area contributed by atoms with E-state index < -0.39 is 11.9 Å². The van der Waals surface area contributed by atoms with E-state index in [1.54, 1.807) is 0 Å². The number of rotatable bonds is 7. The van der Waals surface area contributed by atoms with Crippen molar-refractivity contribution in [2.45, 2.75) is 58.3 Å². The number of nitrogens with one attached hydrogen (secondary N) is 1. The Balaban J connectivity index is 2.40. The van der Waals surface area contributed by atoms with Crippen LogP contribution in [-0.2, 0) is 17.5 Å². The van der Waals surface area contributed by atoms with Gasteiger partial charge in [0.1, 0.15) is 6.54 Å². The van der Waals surface area contributed by atoms with Crippen molar-refractivity contribution in [3.05, 3.63) is 18.0 Å². The smallest absolute Gasteiger partial charge is 0.352 e. The Morgan fingerprint density at radius 3 is 2.70 bits per heavy atom. The molecular weight excluding hydrogens is 271 g/mol. The molecule has 0 radical (unpaired) electrons. The number of halogens is 3. The summed E-state index contributed by atoms with van der Waals surface area (Å²) in [6, 6.07) is 0.879. The highest BCUT2D eigenvalue weighted by Crippen LogP contribution is 2.27. The van der Waals surface area contributed by atoms with Crippen molar-refractivity contribution < 1.29 is 18.0 Å². The fraction of sp³-hybridized carbons (Fsp3) is 0.692. The van der Waals surface area contributed by atoms with Gasteiger partial charge in [-0.05, 0) is 19.4 Å². The van der Waals surface area contributed by atoms with Crippen molar-refractivity contribution in [3.8, 4) is 0 Å². The predicted molar refractivity (Wildman–Crippen MR) is 69.0 cm³/mol. The number of hydrogen-bond acceptors (Lipinski definition) is 2. The Labute approximate surface area is 116 Å². The van der Waals surface area contributed by atoms with Gasteiger partial charge in [-0.15, -0.1) is 0 Å². The van der Waals surface area contributed by atoms with E-state index in [1.165, 1.54) is 0 Å². The molecule has 1 heterocycles. The maximum atomic E-state index is 12.3. The molecular formula is C13H20F3N3O. The summed E-state index contributed by atoms with van der Waals surface area (Å²) >= 11 is 0. The van der Waals surface area contributed by atoms with Gasteiger partial charge in [-0.25, -0.2) is 0 Å². The summed E-state index contributed by atoms with van der Waals surface area (Å²) in [7, 11) is 0. The van der Waals surface area contributed by atoms with E-state index in [9.17, 15) is 18.0 Å². The first-order chi connectivity index (χ1) is 9.32. The van der Waals surface area contributed by atoms with Crippen molar-refractivity contribution in [2.24, 2.45) is 0 Å². The van der Waals surface area contributed by atoms with E-state index >= 15 is 0 Å². The molecule has 0 aliphatic heterocycles. The zero-order valence-corrected chi connectivity index (χ0v) is 11.7. The lowest BCUT2D eigenvalue weighted by atomic mass is 10.1. The molecule has 20 heavy (non-hydrogen) atoms. The summed E-state index contributed by atoms with van der Waals surface area (Å²) in [6.45, 7) is 3.78. The van der Waals surface area contributed by atoms with E-state index in [0.29, 0.717) is 0 Å². The summed E-state index contributed by atoms with van der Waals surface area (Å²) < 4.78 is 38.0. The molecule has 1 atom stereocenters. The quantitative estimate of drug-likeness (QED) is 0.785. The summed E-state index contributed by atoms with van der Waals surface area (Å²) in [5, 5.41) is 6.09. The average Bonchev–Trinajstić information content (AvgIpc) is 2.77. The molecule has 1 unspecified atom stereocenters. The number of unbranched alkanes of at least 4 members (excludes halogenated alkanes) is 2. The molecule has 0 aromatic carbocycles. The van der Waals surface area contributed by atoms with Gasteiger partial charge in [-0.3, -0.25) is 9.48 Å². The second-order valence-corrected chi connectivity index (χ2v) is 4.86. The highest BCUT2D eigenvalue weighted by molar-refractivity contribution is 5.75. The molecule has 4 nitrogen and oxygen atoms in total. The Hall–Kier alpha value is -1.53. The van der Waals surface area contributed by atoms with Crippen LogP contribution >= 0.6 is 0 Å². The normalized spacial score (nSPS) is 13.2. The third-order valence-corrected chi connectivity index (χ3v) is 2.88. The van der Waals surface area contributed by atoms with E-state index in [-0.39, 0.29) is 18.5 Å². The lowest BCUT2D eigenvalue weighted by Gasteiger charge is -2.13. The van der Waals surface area contributed by atoms with Gasteiger partial charge in [0, 0.05) is 12.2 Å². The van der Waals surface area contributed by atoms with Crippen LogP contribution in [0.15, 0.2) is 12.3 Å². The van der Waals surface area contributed by atoms with E-state index in [1.807, 2.05) is 6.92 Å². The van der Waals surface area contributed by atoms with Crippen LogP contribution in [0.2, 0.25) is 0 Å². The SMILES string of the molecule is CCCCCC(C)NC(=O)Cn1ccc(C(F)(F)F)n1. The molecule has 1 aromatic heterocycles. The second kappa shape index (κ2) is 7.31. The number of nitrogens with zero attached hydrogens (tertiary/aromatic N) is 2. The molecule has 7 heteroatoms. The monoisotopic (exact) mass is 291 g/mol. The third-order valence-electron chi connectivity index (χ3n) is 2.88. The third kappa shape index (κ3) is 5.63. The molecule has 1 aromatic rings. The topological polar surface area (TPSA) is 46.9 Å². The van der Waals surface area contributed by atoms with Crippen LogP contribution in [0.4, 0.5) is 13.2 Å². The van der Waals surface area contributed by atoms with Crippen LogP contribution in [0, 0.1) is 0 Å². The van der Waals surface area contributed by atoms with E-state index in [0.717, 1.165) is 42.6 Å². The van der Waals surface area contributed by atoms with Crippen LogP contribution in [0.5, 0.6) is 0 Å². The number of carbonyl (C=O) groups is 1. The molecule has 1 rings (SSSR count). The number of carbonyl (C=O) groups excluding carboxylic acids is 1. The van der Waals surface area contributed by atoms with Gasteiger partial charge in [-0.1, -0.05) is 26.2 Å². The van der Waals surface area contributed by atoms with Crippen LogP contribution < -0.4 is 5.32 Å². The lowest BCUT2D eigenvalue weighted by Crippen LogP contribution is -2.35. The van der Waals surface area contributed by atoms with Gasteiger partial charge >= 0.3 is 6.18 Å². The standard InChI is InChI=1S/C13H20F3N3O/c1-3-4-5-6-10(2)17-12(20)9-19-8-7-11(18-19)13(14,15)16/h7-8,10H,3-6,9H2,1-2H3,(H,17,20). The molecule has 114 valence electrons. The molecule has 0 fully saturated rings. The maximum Gasteiger partial charge on any atom is 0.435 e. The van der Waals surface area contributed by atoms with Crippen molar-refractivity contribution in [1.82, 2.24) is 15.1 Å². The molecule has 0 aliphatic rings. The van der Waals surface area contributed by atoms with Crippen molar-refractivity contribution in [2.75, 3.05) is 0 Å². The van der Waals surface area contributed by atoms with Gasteiger partial charge in [-0.2, -0.15) is 18.3 Å². The van der Waals surface area contributed by atoms with Crippen molar-refractivity contribution >= 4 is 5.91 Å². The van der Waals surface area contributed by atoms with Crippen molar-refractivity contribution in [1.29, 1.82) is 0 Å². The van der Waals surface area contributed by atoms with Gasteiger partial charge < -0.3 is 5.32 Å². The highest BCUT2D eigenvalue weighted by atomic mass is 19.4. The molecule has 1 amide bonds.